The van der Waals surface area contributed by atoms with Gasteiger partial charge < -0.3 is 14.4 Å². The zero-order valence-corrected chi connectivity index (χ0v) is 30.2. The number of hydrogen-bond acceptors (Lipinski definition) is 5. The molecule has 44 heavy (non-hydrogen) atoms. The van der Waals surface area contributed by atoms with Crippen molar-refractivity contribution in [1.29, 1.82) is 0 Å². The second kappa shape index (κ2) is 32.3. The lowest BCUT2D eigenvalue weighted by atomic mass is 10.0. The van der Waals surface area contributed by atoms with Gasteiger partial charge in [0.15, 0.2) is 0 Å². The Labute approximate surface area is 276 Å². The molecule has 0 bridgehead atoms. The Balaban J connectivity index is 2.25. The summed E-state index contributed by atoms with van der Waals surface area (Å²) in [5.41, 5.74) is 0. The molecule has 1 fully saturated rings. The van der Waals surface area contributed by atoms with Crippen molar-refractivity contribution in [1.82, 2.24) is 9.80 Å². The van der Waals surface area contributed by atoms with Crippen molar-refractivity contribution in [2.45, 2.75) is 194 Å². The molecule has 0 aromatic carbocycles. The van der Waals surface area contributed by atoms with Crippen LogP contribution in [0.3, 0.4) is 0 Å². The van der Waals surface area contributed by atoms with Crippen molar-refractivity contribution in [3.63, 3.8) is 0 Å². The van der Waals surface area contributed by atoms with Crippen LogP contribution in [0.15, 0.2) is 0 Å². The molecule has 1 aliphatic heterocycles. The molecule has 0 spiro atoms. The van der Waals surface area contributed by atoms with Crippen LogP contribution in [0, 0.1) is 0 Å². The Morgan fingerprint density at radius 1 is 0.591 bits per heavy atom. The minimum Gasteiger partial charge on any atom is -0.462 e. The quantitative estimate of drug-likeness (QED) is 0.0538. The van der Waals surface area contributed by atoms with Crippen LogP contribution in [-0.4, -0.2) is 74.4 Å². The highest BCUT2D eigenvalue weighted by molar-refractivity contribution is 5.69. The Kier molecular flexibility index (Phi) is 30.4. The summed E-state index contributed by atoms with van der Waals surface area (Å²) in [6, 6.07) is 0. The number of carbonyl (C=O) groups is 1. The summed E-state index contributed by atoms with van der Waals surface area (Å²) in [5.74, 6) is 0.0557. The van der Waals surface area contributed by atoms with Crippen molar-refractivity contribution in [3.05, 3.63) is 0 Å². The second-order valence-corrected chi connectivity index (χ2v) is 13.8. The molecule has 262 valence electrons. The van der Waals surface area contributed by atoms with Crippen molar-refractivity contribution < 1.29 is 14.3 Å². The van der Waals surface area contributed by atoms with Gasteiger partial charge in [-0.3, -0.25) is 9.69 Å². The van der Waals surface area contributed by atoms with E-state index in [1.165, 1.54) is 161 Å². The van der Waals surface area contributed by atoms with Gasteiger partial charge in [0.2, 0.25) is 0 Å². The fourth-order valence-electron chi connectivity index (χ4n) is 6.51. The van der Waals surface area contributed by atoms with E-state index in [-0.39, 0.29) is 12.1 Å². The molecule has 0 saturated carbocycles. The van der Waals surface area contributed by atoms with E-state index in [2.05, 4.69) is 30.6 Å². The van der Waals surface area contributed by atoms with Gasteiger partial charge in [-0.1, -0.05) is 136 Å². The number of carbonyl (C=O) groups excluding carboxylic acids is 1. The van der Waals surface area contributed by atoms with Gasteiger partial charge in [0.1, 0.15) is 6.10 Å². The monoisotopic (exact) mass is 623 g/mol. The average Bonchev–Trinajstić information content (AvgIpc) is 3.04. The van der Waals surface area contributed by atoms with Crippen molar-refractivity contribution in [2.75, 3.05) is 52.5 Å². The molecular formula is C39H78N2O3. The van der Waals surface area contributed by atoms with Crippen molar-refractivity contribution >= 4 is 5.97 Å². The van der Waals surface area contributed by atoms with E-state index in [4.69, 9.17) is 9.47 Å². The van der Waals surface area contributed by atoms with Gasteiger partial charge in [0, 0.05) is 32.6 Å². The number of nitrogens with zero attached hydrogens (tertiary/aromatic N) is 2. The standard InChI is InChI=1S/C39H78N2O3/c1-4-7-10-13-17-22-27-38(28-23-18-14-11-8-5-2)44-39(42)29-24-19-16-21-26-31-40(30-25-20-15-12-9-6-3)32-33-41-34-36-43-37-35-41/h38H,4-37H2,1-3H3. The van der Waals surface area contributed by atoms with Crippen LogP contribution >= 0.6 is 0 Å². The minimum absolute atomic E-state index is 0.0557. The molecule has 0 N–H and O–H groups in total. The lowest BCUT2D eigenvalue weighted by Crippen LogP contribution is -2.41. The largest absolute Gasteiger partial charge is 0.462 e. The molecule has 5 heteroatoms. The summed E-state index contributed by atoms with van der Waals surface area (Å²) in [4.78, 5) is 18.0. The molecule has 0 aliphatic carbocycles. The van der Waals surface area contributed by atoms with E-state index in [1.807, 2.05) is 0 Å². The topological polar surface area (TPSA) is 42.0 Å². The number of hydrogen-bond donors (Lipinski definition) is 0. The van der Waals surface area contributed by atoms with Crippen molar-refractivity contribution in [3.8, 4) is 0 Å². The number of unbranched alkanes of at least 4 members (excludes halogenated alkanes) is 19. The van der Waals surface area contributed by atoms with E-state index in [9.17, 15) is 4.79 Å². The maximum Gasteiger partial charge on any atom is 0.306 e. The molecular weight excluding hydrogens is 544 g/mol. The summed E-state index contributed by atoms with van der Waals surface area (Å²) in [6.07, 6.45) is 32.7. The Bertz CT molecular complexity index is 580. The Hall–Kier alpha value is -0.650. The normalized spacial score (nSPS) is 14.2. The first kappa shape index (κ1) is 41.4. The van der Waals surface area contributed by atoms with Gasteiger partial charge in [0.05, 0.1) is 13.2 Å². The van der Waals surface area contributed by atoms with E-state index in [1.54, 1.807) is 0 Å². The van der Waals surface area contributed by atoms with Crippen molar-refractivity contribution in [2.24, 2.45) is 0 Å². The number of rotatable bonds is 33. The lowest BCUT2D eigenvalue weighted by molar-refractivity contribution is -0.150. The van der Waals surface area contributed by atoms with Crippen LogP contribution in [0.25, 0.3) is 0 Å². The third-order valence-electron chi connectivity index (χ3n) is 9.58. The molecule has 1 rings (SSSR count). The summed E-state index contributed by atoms with van der Waals surface area (Å²) in [7, 11) is 0. The van der Waals surface area contributed by atoms with Crippen LogP contribution in [0.1, 0.15) is 188 Å². The predicted octanol–water partition coefficient (Wildman–Crippen LogP) is 10.7. The molecule has 0 amide bonds. The predicted molar refractivity (Wildman–Crippen MR) is 191 cm³/mol. The highest BCUT2D eigenvalue weighted by Gasteiger charge is 2.15. The summed E-state index contributed by atoms with van der Waals surface area (Å²) in [5, 5.41) is 0. The van der Waals surface area contributed by atoms with Crippen LogP contribution in [0.2, 0.25) is 0 Å². The molecule has 0 radical (unpaired) electrons. The van der Waals surface area contributed by atoms with Gasteiger partial charge in [-0.2, -0.15) is 0 Å². The van der Waals surface area contributed by atoms with Gasteiger partial charge in [-0.05, 0) is 58.0 Å². The minimum atomic E-state index is 0.0557. The van der Waals surface area contributed by atoms with Gasteiger partial charge in [0.25, 0.3) is 0 Å². The molecule has 0 unspecified atom stereocenters. The number of ether oxygens (including phenoxy) is 2. The van der Waals surface area contributed by atoms with Crippen LogP contribution in [0.4, 0.5) is 0 Å². The highest BCUT2D eigenvalue weighted by atomic mass is 16.5. The third-order valence-corrected chi connectivity index (χ3v) is 9.58. The Morgan fingerprint density at radius 3 is 1.52 bits per heavy atom. The maximum absolute atomic E-state index is 12.7. The smallest absolute Gasteiger partial charge is 0.306 e. The molecule has 0 aromatic heterocycles. The zero-order chi connectivity index (χ0) is 31.8. The van der Waals surface area contributed by atoms with E-state index in [0.717, 1.165) is 52.0 Å². The molecule has 1 saturated heterocycles. The molecule has 1 aliphatic rings. The SMILES string of the molecule is CCCCCCCCC(CCCCCCCC)OC(=O)CCCCCCCN(CCCCCCCC)CCN1CCOCC1. The van der Waals surface area contributed by atoms with Crippen LogP contribution in [-0.2, 0) is 14.3 Å². The molecule has 0 aromatic rings. The van der Waals surface area contributed by atoms with Gasteiger partial charge in [-0.15, -0.1) is 0 Å². The average molecular weight is 623 g/mol. The first-order valence-corrected chi connectivity index (χ1v) is 19.9. The molecule has 0 atom stereocenters. The summed E-state index contributed by atoms with van der Waals surface area (Å²) >= 11 is 0. The Morgan fingerprint density at radius 2 is 1.02 bits per heavy atom. The van der Waals surface area contributed by atoms with Crippen LogP contribution in [0.5, 0.6) is 0 Å². The number of morpholine rings is 1. The number of esters is 1. The highest BCUT2D eigenvalue weighted by Crippen LogP contribution is 2.18. The maximum atomic E-state index is 12.7. The van der Waals surface area contributed by atoms with E-state index in [0.29, 0.717) is 6.42 Å². The molecule has 5 nitrogen and oxygen atoms in total. The fraction of sp³-hybridized carbons (Fsp3) is 0.974. The van der Waals surface area contributed by atoms with E-state index < -0.39 is 0 Å². The van der Waals surface area contributed by atoms with Gasteiger partial charge >= 0.3 is 5.97 Å². The third kappa shape index (κ3) is 26.6. The summed E-state index contributed by atoms with van der Waals surface area (Å²) < 4.78 is 11.6. The fourth-order valence-corrected chi connectivity index (χ4v) is 6.51. The van der Waals surface area contributed by atoms with Crippen LogP contribution < -0.4 is 0 Å². The van der Waals surface area contributed by atoms with E-state index >= 15 is 0 Å². The second-order valence-electron chi connectivity index (χ2n) is 13.8. The first-order chi connectivity index (χ1) is 21.7. The summed E-state index contributed by atoms with van der Waals surface area (Å²) in [6.45, 7) is 15.7. The zero-order valence-electron chi connectivity index (χ0n) is 30.2. The van der Waals surface area contributed by atoms with Gasteiger partial charge in [-0.25, -0.2) is 0 Å². The molecule has 1 heterocycles. The first-order valence-electron chi connectivity index (χ1n) is 19.9. The lowest BCUT2D eigenvalue weighted by Gasteiger charge is -2.30.